The van der Waals surface area contributed by atoms with Gasteiger partial charge < -0.3 is 14.6 Å². The van der Waals surface area contributed by atoms with Crippen molar-refractivity contribution in [2.45, 2.75) is 25.3 Å². The monoisotopic (exact) mass is 468 g/mol. The van der Waals surface area contributed by atoms with E-state index in [4.69, 9.17) is 14.7 Å². The Labute approximate surface area is 201 Å². The molecule has 6 rings (SSSR count). The second kappa shape index (κ2) is 8.53. The summed E-state index contributed by atoms with van der Waals surface area (Å²) in [7, 11) is 3.60. The van der Waals surface area contributed by atoms with Gasteiger partial charge in [-0.2, -0.15) is 0 Å². The van der Waals surface area contributed by atoms with E-state index in [1.165, 1.54) is 6.42 Å². The van der Waals surface area contributed by atoms with Crippen LogP contribution >= 0.6 is 11.3 Å². The van der Waals surface area contributed by atoms with Crippen molar-refractivity contribution in [2.24, 2.45) is 7.05 Å². The molecule has 0 aliphatic heterocycles. The first kappa shape index (κ1) is 20.8. The molecule has 170 valence electrons. The highest BCUT2D eigenvalue weighted by Gasteiger charge is 2.26. The first-order valence-electron chi connectivity index (χ1n) is 11.4. The van der Waals surface area contributed by atoms with E-state index < -0.39 is 0 Å². The molecule has 1 aliphatic rings. The fraction of sp³-hybridized carbons (Fsp3) is 0.231. The molecule has 0 saturated heterocycles. The first-order valence-corrected chi connectivity index (χ1v) is 12.2. The van der Waals surface area contributed by atoms with Gasteiger partial charge in [0.25, 0.3) is 0 Å². The molecule has 7 nitrogen and oxygen atoms in total. The maximum Gasteiger partial charge on any atom is 0.213 e. The Kier molecular flexibility index (Phi) is 5.22. The third-order valence-electron chi connectivity index (χ3n) is 6.29. The first-order chi connectivity index (χ1) is 16.7. The molecule has 1 N–H and O–H groups in total. The number of rotatable bonds is 6. The van der Waals surface area contributed by atoms with Crippen molar-refractivity contribution >= 4 is 27.4 Å². The lowest BCUT2D eigenvalue weighted by Crippen LogP contribution is -2.27. The second-order valence-electron chi connectivity index (χ2n) is 8.47. The SMILES string of the molecule is COc1cc(-c2sc3nc(-c4nccn4C)nc(NC4CCC4)c3c2-c2ccccc2)ccn1. The number of imidazole rings is 1. The molecule has 4 aromatic heterocycles. The number of thiophene rings is 1. The number of benzene rings is 1. The van der Waals surface area contributed by atoms with Crippen LogP contribution in [0, 0.1) is 0 Å². The molecule has 0 unspecified atom stereocenters. The summed E-state index contributed by atoms with van der Waals surface area (Å²) in [5.41, 5.74) is 3.30. The molecule has 34 heavy (non-hydrogen) atoms. The van der Waals surface area contributed by atoms with Gasteiger partial charge >= 0.3 is 0 Å². The van der Waals surface area contributed by atoms with Crippen LogP contribution in [-0.4, -0.2) is 37.7 Å². The van der Waals surface area contributed by atoms with Crippen molar-refractivity contribution in [1.82, 2.24) is 24.5 Å². The van der Waals surface area contributed by atoms with Crippen molar-refractivity contribution in [2.75, 3.05) is 12.4 Å². The van der Waals surface area contributed by atoms with E-state index in [1.54, 1.807) is 30.8 Å². The topological polar surface area (TPSA) is 77.8 Å². The van der Waals surface area contributed by atoms with Crippen LogP contribution in [0.15, 0.2) is 61.1 Å². The van der Waals surface area contributed by atoms with Crippen LogP contribution < -0.4 is 10.1 Å². The highest BCUT2D eigenvalue weighted by atomic mass is 32.1. The third-order valence-corrected chi connectivity index (χ3v) is 7.42. The molecule has 8 heteroatoms. The second-order valence-corrected chi connectivity index (χ2v) is 9.47. The average molecular weight is 469 g/mol. The van der Waals surface area contributed by atoms with Crippen molar-refractivity contribution in [1.29, 1.82) is 0 Å². The molecule has 1 fully saturated rings. The summed E-state index contributed by atoms with van der Waals surface area (Å²) in [4.78, 5) is 20.9. The third kappa shape index (κ3) is 3.60. The lowest BCUT2D eigenvalue weighted by Gasteiger charge is -2.27. The Morgan fingerprint density at radius 3 is 2.59 bits per heavy atom. The van der Waals surface area contributed by atoms with Crippen molar-refractivity contribution in [3.05, 3.63) is 61.1 Å². The van der Waals surface area contributed by atoms with E-state index in [2.05, 4.69) is 39.6 Å². The van der Waals surface area contributed by atoms with Crippen molar-refractivity contribution < 1.29 is 4.74 Å². The molecule has 1 aromatic carbocycles. The lowest BCUT2D eigenvalue weighted by atomic mass is 9.93. The predicted molar refractivity (Wildman–Crippen MR) is 136 cm³/mol. The summed E-state index contributed by atoms with van der Waals surface area (Å²) >= 11 is 1.66. The summed E-state index contributed by atoms with van der Waals surface area (Å²) in [6, 6.07) is 14.9. The van der Waals surface area contributed by atoms with Gasteiger partial charge in [-0.05, 0) is 36.5 Å². The number of anilines is 1. The molecular formula is C26H24N6OS. The van der Waals surface area contributed by atoms with E-state index in [0.29, 0.717) is 17.7 Å². The molecule has 0 bridgehead atoms. The van der Waals surface area contributed by atoms with Gasteiger partial charge in [0.2, 0.25) is 5.88 Å². The smallest absolute Gasteiger partial charge is 0.213 e. The Balaban J connectivity index is 1.65. The zero-order valence-corrected chi connectivity index (χ0v) is 19.8. The zero-order valence-electron chi connectivity index (χ0n) is 19.0. The van der Waals surface area contributed by atoms with Crippen LogP contribution in [0.2, 0.25) is 0 Å². The molecule has 0 radical (unpaired) electrons. The van der Waals surface area contributed by atoms with Crippen LogP contribution in [0.4, 0.5) is 5.82 Å². The quantitative estimate of drug-likeness (QED) is 0.340. The number of methoxy groups -OCH3 is 1. The number of nitrogens with one attached hydrogen (secondary N) is 1. The Hall–Kier alpha value is -3.78. The standard InChI is InChI=1S/C26H24N6OS/c1-32-14-13-28-25(32)24-30-23(29-18-9-6-10-18)21-20(16-7-4-3-5-8-16)22(34-26(21)31-24)17-11-12-27-19(15-17)33-2/h3-5,7-8,11-15,18H,6,9-10H2,1-2H3,(H,29,30,31). The average Bonchev–Trinajstić information content (AvgIpc) is 3.45. The fourth-order valence-corrected chi connectivity index (χ4v) is 5.47. The Bertz CT molecular complexity index is 1470. The van der Waals surface area contributed by atoms with Crippen LogP contribution in [0.5, 0.6) is 5.88 Å². The minimum Gasteiger partial charge on any atom is -0.481 e. The van der Waals surface area contributed by atoms with E-state index >= 15 is 0 Å². The predicted octanol–water partition coefficient (Wildman–Crippen LogP) is 5.79. The van der Waals surface area contributed by atoms with Crippen molar-refractivity contribution in [3.63, 3.8) is 0 Å². The normalized spacial score (nSPS) is 13.7. The minimum absolute atomic E-state index is 0.431. The summed E-state index contributed by atoms with van der Waals surface area (Å²) in [6.07, 6.45) is 9.03. The summed E-state index contributed by atoms with van der Waals surface area (Å²) in [5.74, 6) is 2.83. The summed E-state index contributed by atoms with van der Waals surface area (Å²) in [6.45, 7) is 0. The maximum absolute atomic E-state index is 5.42. The molecule has 1 aliphatic carbocycles. The molecule has 0 spiro atoms. The van der Waals surface area contributed by atoms with E-state index in [1.807, 2.05) is 36.0 Å². The Morgan fingerprint density at radius 1 is 1.03 bits per heavy atom. The molecule has 0 atom stereocenters. The van der Waals surface area contributed by atoms with Crippen LogP contribution in [0.1, 0.15) is 19.3 Å². The number of ether oxygens (including phenoxy) is 1. The van der Waals surface area contributed by atoms with Gasteiger partial charge in [-0.1, -0.05) is 30.3 Å². The lowest BCUT2D eigenvalue weighted by molar-refractivity contribution is 0.398. The number of aryl methyl sites for hydroxylation is 1. The zero-order chi connectivity index (χ0) is 23.1. The molecule has 5 aromatic rings. The van der Waals surface area contributed by atoms with E-state index in [9.17, 15) is 0 Å². The van der Waals surface area contributed by atoms with Crippen molar-refractivity contribution in [3.8, 4) is 39.1 Å². The maximum atomic E-state index is 5.42. The number of fused-ring (bicyclic) bond motifs is 1. The molecule has 0 amide bonds. The number of pyridine rings is 1. The fourth-order valence-electron chi connectivity index (χ4n) is 4.28. The summed E-state index contributed by atoms with van der Waals surface area (Å²) in [5, 5.41) is 4.77. The summed E-state index contributed by atoms with van der Waals surface area (Å²) < 4.78 is 7.37. The molecule has 1 saturated carbocycles. The molecular weight excluding hydrogens is 444 g/mol. The number of nitrogens with zero attached hydrogens (tertiary/aromatic N) is 5. The van der Waals surface area contributed by atoms with Gasteiger partial charge in [0.1, 0.15) is 10.6 Å². The number of aromatic nitrogens is 5. The van der Waals surface area contributed by atoms with Gasteiger partial charge in [0.15, 0.2) is 11.6 Å². The highest BCUT2D eigenvalue weighted by molar-refractivity contribution is 7.22. The van der Waals surface area contributed by atoms with Gasteiger partial charge in [-0.25, -0.2) is 19.9 Å². The highest BCUT2D eigenvalue weighted by Crippen LogP contribution is 2.47. The van der Waals surface area contributed by atoms with Gasteiger partial charge in [-0.15, -0.1) is 11.3 Å². The van der Waals surface area contributed by atoms with E-state index in [-0.39, 0.29) is 0 Å². The minimum atomic E-state index is 0.431. The Morgan fingerprint density at radius 2 is 1.88 bits per heavy atom. The van der Waals surface area contributed by atoms with Gasteiger partial charge in [-0.3, -0.25) is 0 Å². The van der Waals surface area contributed by atoms with E-state index in [0.717, 1.165) is 56.3 Å². The van der Waals surface area contributed by atoms with Crippen LogP contribution in [0.25, 0.3) is 43.4 Å². The molecule has 4 heterocycles. The largest absolute Gasteiger partial charge is 0.481 e. The van der Waals surface area contributed by atoms with Crippen LogP contribution in [0.3, 0.4) is 0 Å². The van der Waals surface area contributed by atoms with Gasteiger partial charge in [0, 0.05) is 48.2 Å². The number of hydrogen-bond donors (Lipinski definition) is 1. The van der Waals surface area contributed by atoms with Crippen LogP contribution in [-0.2, 0) is 7.05 Å². The van der Waals surface area contributed by atoms with Gasteiger partial charge in [0.05, 0.1) is 12.5 Å². The number of hydrogen-bond acceptors (Lipinski definition) is 7.